The Kier molecular flexibility index (Phi) is 2.97. The molecule has 0 aliphatic carbocycles. The van der Waals surface area contributed by atoms with E-state index in [1.807, 2.05) is 25.2 Å². The number of imidazole rings is 1. The van der Waals surface area contributed by atoms with Crippen molar-refractivity contribution in [2.75, 3.05) is 5.32 Å². The highest BCUT2D eigenvalue weighted by Crippen LogP contribution is 2.26. The molecule has 0 aliphatic heterocycles. The molecule has 0 unspecified atom stereocenters. The molecule has 3 heteroatoms. The van der Waals surface area contributed by atoms with Crippen LogP contribution in [-0.4, -0.2) is 9.55 Å². The second-order valence-electron chi connectivity index (χ2n) is 5.29. The molecule has 0 amide bonds. The molecule has 0 saturated heterocycles. The van der Waals surface area contributed by atoms with E-state index in [9.17, 15) is 0 Å². The van der Waals surface area contributed by atoms with Crippen molar-refractivity contribution in [1.82, 2.24) is 9.55 Å². The molecule has 20 heavy (non-hydrogen) atoms. The van der Waals surface area contributed by atoms with Crippen molar-refractivity contribution in [3.8, 4) is 0 Å². The van der Waals surface area contributed by atoms with E-state index in [0.717, 1.165) is 22.7 Å². The van der Waals surface area contributed by atoms with Crippen LogP contribution in [0.3, 0.4) is 0 Å². The molecule has 0 aliphatic rings. The number of aryl methyl sites for hydroxylation is 2. The standard InChI is InChI=1S/C17H19N3/c1-11-9-10-14(13(3)12(11)2)18-17-19-15-7-5-6-8-16(15)20(17)4/h5-10H,1-4H3,(H,18,19). The SMILES string of the molecule is Cc1ccc(Nc2nc3ccccc3n2C)c(C)c1C. The number of nitrogens with zero attached hydrogens (tertiary/aromatic N) is 2. The molecule has 3 nitrogen and oxygen atoms in total. The summed E-state index contributed by atoms with van der Waals surface area (Å²) >= 11 is 0. The fourth-order valence-corrected chi connectivity index (χ4v) is 2.47. The van der Waals surface area contributed by atoms with Crippen LogP contribution in [0, 0.1) is 20.8 Å². The third kappa shape index (κ3) is 1.95. The molecule has 1 N–H and O–H groups in total. The number of rotatable bonds is 2. The topological polar surface area (TPSA) is 29.9 Å². The largest absolute Gasteiger partial charge is 0.325 e. The van der Waals surface area contributed by atoms with E-state index in [1.54, 1.807) is 0 Å². The number of benzene rings is 2. The molecular formula is C17H19N3. The summed E-state index contributed by atoms with van der Waals surface area (Å²) in [5, 5.41) is 3.45. The summed E-state index contributed by atoms with van der Waals surface area (Å²) in [5.74, 6) is 0.873. The van der Waals surface area contributed by atoms with E-state index in [1.165, 1.54) is 16.7 Å². The van der Waals surface area contributed by atoms with Gasteiger partial charge in [0.2, 0.25) is 5.95 Å². The van der Waals surface area contributed by atoms with Crippen molar-refractivity contribution in [2.24, 2.45) is 7.05 Å². The second kappa shape index (κ2) is 4.67. The van der Waals surface area contributed by atoms with Gasteiger partial charge in [0.05, 0.1) is 11.0 Å². The minimum absolute atomic E-state index is 0.873. The van der Waals surface area contributed by atoms with Gasteiger partial charge in [0.25, 0.3) is 0 Å². The van der Waals surface area contributed by atoms with Crippen LogP contribution in [0.5, 0.6) is 0 Å². The summed E-state index contributed by atoms with van der Waals surface area (Å²) < 4.78 is 2.09. The van der Waals surface area contributed by atoms with Crippen LogP contribution < -0.4 is 5.32 Å². The molecule has 0 atom stereocenters. The van der Waals surface area contributed by atoms with Gasteiger partial charge < -0.3 is 9.88 Å². The van der Waals surface area contributed by atoms with E-state index in [4.69, 9.17) is 0 Å². The van der Waals surface area contributed by atoms with Gasteiger partial charge in [-0.3, -0.25) is 0 Å². The minimum Gasteiger partial charge on any atom is -0.325 e. The van der Waals surface area contributed by atoms with Crippen molar-refractivity contribution in [2.45, 2.75) is 20.8 Å². The zero-order valence-electron chi connectivity index (χ0n) is 12.4. The number of hydrogen-bond donors (Lipinski definition) is 1. The molecule has 2 aromatic carbocycles. The van der Waals surface area contributed by atoms with Gasteiger partial charge in [0.1, 0.15) is 0 Å². The highest BCUT2D eigenvalue weighted by Gasteiger charge is 2.09. The zero-order chi connectivity index (χ0) is 14.3. The van der Waals surface area contributed by atoms with E-state index in [2.05, 4.69) is 53.8 Å². The third-order valence-electron chi connectivity index (χ3n) is 4.09. The van der Waals surface area contributed by atoms with E-state index in [0.29, 0.717) is 0 Å². The van der Waals surface area contributed by atoms with Crippen LogP contribution in [0.4, 0.5) is 11.6 Å². The Morgan fingerprint density at radius 1 is 0.950 bits per heavy atom. The molecule has 0 radical (unpaired) electrons. The first kappa shape index (κ1) is 12.7. The zero-order valence-corrected chi connectivity index (χ0v) is 12.4. The fraction of sp³-hybridized carbons (Fsp3) is 0.235. The van der Waals surface area contributed by atoms with Crippen LogP contribution in [0.2, 0.25) is 0 Å². The molecule has 1 heterocycles. The van der Waals surface area contributed by atoms with Crippen molar-refractivity contribution in [3.05, 3.63) is 53.1 Å². The summed E-state index contributed by atoms with van der Waals surface area (Å²) in [6, 6.07) is 12.4. The van der Waals surface area contributed by atoms with Gasteiger partial charge in [-0.1, -0.05) is 18.2 Å². The van der Waals surface area contributed by atoms with Gasteiger partial charge in [0.15, 0.2) is 0 Å². The van der Waals surface area contributed by atoms with Crippen molar-refractivity contribution >= 4 is 22.7 Å². The van der Waals surface area contributed by atoms with Crippen molar-refractivity contribution in [1.29, 1.82) is 0 Å². The summed E-state index contributed by atoms with van der Waals surface area (Å²) in [5.41, 5.74) is 7.19. The first-order valence-corrected chi connectivity index (χ1v) is 6.83. The maximum absolute atomic E-state index is 4.65. The minimum atomic E-state index is 0.873. The first-order chi connectivity index (χ1) is 9.58. The first-order valence-electron chi connectivity index (χ1n) is 6.83. The van der Waals surface area contributed by atoms with Gasteiger partial charge >= 0.3 is 0 Å². The number of fused-ring (bicyclic) bond motifs is 1. The second-order valence-corrected chi connectivity index (χ2v) is 5.29. The molecule has 0 saturated carbocycles. The Morgan fingerprint density at radius 2 is 1.70 bits per heavy atom. The van der Waals surface area contributed by atoms with Crippen LogP contribution in [0.25, 0.3) is 11.0 Å². The average Bonchev–Trinajstić information content (AvgIpc) is 2.77. The van der Waals surface area contributed by atoms with Crippen LogP contribution in [0.1, 0.15) is 16.7 Å². The predicted molar refractivity (Wildman–Crippen MR) is 84.6 cm³/mol. The predicted octanol–water partition coefficient (Wildman–Crippen LogP) is 4.24. The van der Waals surface area contributed by atoms with Crippen molar-refractivity contribution < 1.29 is 0 Å². The van der Waals surface area contributed by atoms with Gasteiger partial charge in [-0.15, -0.1) is 0 Å². The lowest BCUT2D eigenvalue weighted by atomic mass is 10.0. The van der Waals surface area contributed by atoms with Gasteiger partial charge in [-0.2, -0.15) is 0 Å². The molecule has 1 aromatic heterocycles. The molecule has 0 spiro atoms. The van der Waals surface area contributed by atoms with E-state index < -0.39 is 0 Å². The van der Waals surface area contributed by atoms with Gasteiger partial charge in [-0.25, -0.2) is 4.98 Å². The highest BCUT2D eigenvalue weighted by atomic mass is 15.2. The maximum atomic E-state index is 4.65. The molecule has 3 aromatic rings. The van der Waals surface area contributed by atoms with Crippen LogP contribution >= 0.6 is 0 Å². The Hall–Kier alpha value is -2.29. The van der Waals surface area contributed by atoms with Crippen molar-refractivity contribution in [3.63, 3.8) is 0 Å². The van der Waals surface area contributed by atoms with Crippen LogP contribution in [-0.2, 0) is 7.05 Å². The lowest BCUT2D eigenvalue weighted by Crippen LogP contribution is -2.02. The Bertz CT molecular complexity index is 784. The Labute approximate surface area is 119 Å². The van der Waals surface area contributed by atoms with E-state index in [-0.39, 0.29) is 0 Å². The Morgan fingerprint density at radius 3 is 2.45 bits per heavy atom. The number of nitrogens with one attached hydrogen (secondary N) is 1. The summed E-state index contributed by atoms with van der Waals surface area (Å²) in [4.78, 5) is 4.65. The van der Waals surface area contributed by atoms with E-state index >= 15 is 0 Å². The summed E-state index contributed by atoms with van der Waals surface area (Å²) in [6.07, 6.45) is 0. The molecule has 0 fully saturated rings. The lowest BCUT2D eigenvalue weighted by Gasteiger charge is -2.13. The fourth-order valence-electron chi connectivity index (χ4n) is 2.47. The summed E-state index contributed by atoms with van der Waals surface area (Å²) in [6.45, 7) is 6.44. The number of para-hydroxylation sites is 2. The monoisotopic (exact) mass is 265 g/mol. The average molecular weight is 265 g/mol. The Balaban J connectivity index is 2.06. The number of hydrogen-bond acceptors (Lipinski definition) is 2. The third-order valence-corrected chi connectivity index (χ3v) is 4.09. The van der Waals surface area contributed by atoms with Gasteiger partial charge in [-0.05, 0) is 55.7 Å². The quantitative estimate of drug-likeness (QED) is 0.751. The molecule has 102 valence electrons. The maximum Gasteiger partial charge on any atom is 0.208 e. The number of aromatic nitrogens is 2. The van der Waals surface area contributed by atoms with Gasteiger partial charge in [0, 0.05) is 12.7 Å². The molecular weight excluding hydrogens is 246 g/mol. The number of anilines is 2. The molecule has 3 rings (SSSR count). The van der Waals surface area contributed by atoms with Crippen LogP contribution in [0.15, 0.2) is 36.4 Å². The normalized spacial score (nSPS) is 11.0. The molecule has 0 bridgehead atoms. The smallest absolute Gasteiger partial charge is 0.208 e. The lowest BCUT2D eigenvalue weighted by molar-refractivity contribution is 0.957. The summed E-state index contributed by atoms with van der Waals surface area (Å²) in [7, 11) is 2.04. The highest BCUT2D eigenvalue weighted by molar-refractivity contribution is 5.79.